The van der Waals surface area contributed by atoms with E-state index in [-0.39, 0.29) is 11.3 Å². The van der Waals surface area contributed by atoms with E-state index in [1.807, 2.05) is 44.2 Å². The fourth-order valence-electron chi connectivity index (χ4n) is 4.19. The lowest BCUT2D eigenvalue weighted by molar-refractivity contribution is -0.117. The molecule has 1 aliphatic heterocycles. The van der Waals surface area contributed by atoms with Gasteiger partial charge in [-0.1, -0.05) is 28.1 Å². The van der Waals surface area contributed by atoms with Gasteiger partial charge in [-0.15, -0.1) is 0 Å². The first kappa shape index (κ1) is 21.3. The zero-order valence-electron chi connectivity index (χ0n) is 18.2. The molecule has 2 aromatic heterocycles. The first-order valence-corrected chi connectivity index (χ1v) is 11.2. The Balaban J connectivity index is 1.68. The summed E-state index contributed by atoms with van der Waals surface area (Å²) in [7, 11) is 0. The minimum Gasteiger partial charge on any atom is -0.503 e. The first-order chi connectivity index (χ1) is 15.7. The molecule has 0 saturated heterocycles. The molecule has 2 aromatic carbocycles. The second-order valence-corrected chi connectivity index (χ2v) is 9.12. The highest BCUT2D eigenvalue weighted by molar-refractivity contribution is 9.10. The van der Waals surface area contributed by atoms with E-state index in [9.17, 15) is 14.7 Å². The molecule has 1 atom stereocenters. The van der Waals surface area contributed by atoms with Crippen molar-refractivity contribution in [2.24, 2.45) is 0 Å². The van der Waals surface area contributed by atoms with Gasteiger partial charge in [-0.25, -0.2) is 0 Å². The van der Waals surface area contributed by atoms with E-state index >= 15 is 0 Å². The Bertz CT molecular complexity index is 1480. The van der Waals surface area contributed by atoms with Crippen molar-refractivity contribution < 1.29 is 23.5 Å². The van der Waals surface area contributed by atoms with Crippen LogP contribution in [-0.4, -0.2) is 16.8 Å². The van der Waals surface area contributed by atoms with E-state index < -0.39 is 23.5 Å². The second kappa shape index (κ2) is 7.78. The van der Waals surface area contributed by atoms with E-state index in [1.54, 1.807) is 31.2 Å². The topological polar surface area (TPSA) is 83.9 Å². The largest absolute Gasteiger partial charge is 0.503 e. The predicted molar refractivity (Wildman–Crippen MR) is 127 cm³/mol. The monoisotopic (exact) mass is 505 g/mol. The standard InChI is InChI=1S/C26H20BrNO5/c1-13-4-5-14(2)18(10-13)28-23(20-8-6-15(3)32-20)22(25(30)26(28)31)24(29)21-12-16-11-17(27)7-9-19(16)33-21/h4-12,23,30H,1-3H3. The highest BCUT2D eigenvalue weighted by atomic mass is 79.9. The maximum Gasteiger partial charge on any atom is 0.294 e. The van der Waals surface area contributed by atoms with Crippen LogP contribution < -0.4 is 4.90 Å². The molecule has 1 unspecified atom stereocenters. The lowest BCUT2D eigenvalue weighted by atomic mass is 9.98. The van der Waals surface area contributed by atoms with E-state index in [0.29, 0.717) is 22.8 Å². The summed E-state index contributed by atoms with van der Waals surface area (Å²) in [4.78, 5) is 28.4. The van der Waals surface area contributed by atoms with Crippen molar-refractivity contribution in [3.8, 4) is 0 Å². The van der Waals surface area contributed by atoms with Crippen LogP contribution >= 0.6 is 15.9 Å². The van der Waals surface area contributed by atoms with Crippen molar-refractivity contribution in [2.45, 2.75) is 26.8 Å². The maximum absolute atomic E-state index is 13.6. The van der Waals surface area contributed by atoms with Gasteiger partial charge in [0.2, 0.25) is 5.78 Å². The zero-order chi connectivity index (χ0) is 23.4. The number of hydrogen-bond donors (Lipinski definition) is 1. The third-order valence-electron chi connectivity index (χ3n) is 5.81. The van der Waals surface area contributed by atoms with Gasteiger partial charge in [-0.2, -0.15) is 0 Å². The molecule has 1 N–H and O–H groups in total. The number of aliphatic hydroxyl groups is 1. The van der Waals surface area contributed by atoms with Crippen molar-refractivity contribution >= 4 is 44.3 Å². The van der Waals surface area contributed by atoms with E-state index in [2.05, 4.69) is 15.9 Å². The molecular weight excluding hydrogens is 486 g/mol. The number of carbonyl (C=O) groups is 2. The van der Waals surface area contributed by atoms with Gasteiger partial charge in [-0.05, 0) is 74.4 Å². The van der Waals surface area contributed by atoms with Crippen LogP contribution in [0.3, 0.4) is 0 Å². The summed E-state index contributed by atoms with van der Waals surface area (Å²) in [6, 6.07) is 15.2. The average Bonchev–Trinajstić information content (AvgIpc) is 3.46. The fraction of sp³-hybridized carbons (Fsp3) is 0.154. The number of halogens is 1. The van der Waals surface area contributed by atoms with Crippen molar-refractivity contribution in [2.75, 3.05) is 4.90 Å². The fourth-order valence-corrected chi connectivity index (χ4v) is 4.57. The Morgan fingerprint density at radius 2 is 1.79 bits per heavy atom. The summed E-state index contributed by atoms with van der Waals surface area (Å²) < 4.78 is 12.5. The van der Waals surface area contributed by atoms with Gasteiger partial charge in [0.15, 0.2) is 11.5 Å². The third kappa shape index (κ3) is 3.49. The molecule has 1 amide bonds. The van der Waals surface area contributed by atoms with E-state index in [1.165, 1.54) is 4.90 Å². The van der Waals surface area contributed by atoms with Crippen LogP contribution in [-0.2, 0) is 4.79 Å². The Labute approximate surface area is 198 Å². The van der Waals surface area contributed by atoms with Gasteiger partial charge in [0.25, 0.3) is 5.91 Å². The van der Waals surface area contributed by atoms with Crippen molar-refractivity contribution in [1.29, 1.82) is 0 Å². The normalized spacial score (nSPS) is 16.3. The smallest absolute Gasteiger partial charge is 0.294 e. The van der Waals surface area contributed by atoms with Gasteiger partial charge < -0.3 is 13.9 Å². The molecule has 0 fully saturated rings. The van der Waals surface area contributed by atoms with Crippen molar-refractivity contribution in [1.82, 2.24) is 0 Å². The molecule has 166 valence electrons. The van der Waals surface area contributed by atoms with Crippen LogP contribution in [0.5, 0.6) is 0 Å². The number of aryl methyl sites for hydroxylation is 3. The number of benzene rings is 2. The lowest BCUT2D eigenvalue weighted by Crippen LogP contribution is -2.31. The van der Waals surface area contributed by atoms with Crippen LogP contribution in [0.25, 0.3) is 11.0 Å². The summed E-state index contributed by atoms with van der Waals surface area (Å²) in [5.74, 6) is -0.793. The number of ketones is 1. The van der Waals surface area contributed by atoms with Gasteiger partial charge in [0.05, 0.1) is 5.57 Å². The van der Waals surface area contributed by atoms with Gasteiger partial charge >= 0.3 is 0 Å². The highest BCUT2D eigenvalue weighted by Gasteiger charge is 2.47. The third-order valence-corrected chi connectivity index (χ3v) is 6.30. The maximum atomic E-state index is 13.6. The molecule has 33 heavy (non-hydrogen) atoms. The minimum atomic E-state index is -0.931. The average molecular weight is 506 g/mol. The van der Waals surface area contributed by atoms with Crippen LogP contribution in [0.2, 0.25) is 0 Å². The molecule has 0 spiro atoms. The van der Waals surface area contributed by atoms with Crippen LogP contribution in [0.1, 0.15) is 39.2 Å². The number of anilines is 1. The molecule has 7 heteroatoms. The molecular formula is C26H20BrNO5. The molecule has 1 aliphatic rings. The highest BCUT2D eigenvalue weighted by Crippen LogP contribution is 2.44. The summed E-state index contributed by atoms with van der Waals surface area (Å²) in [6.07, 6.45) is 0. The Hall–Kier alpha value is -3.58. The molecule has 4 aromatic rings. The van der Waals surface area contributed by atoms with Crippen LogP contribution in [0.15, 0.2) is 79.2 Å². The molecule has 3 heterocycles. The quantitative estimate of drug-likeness (QED) is 0.320. The number of fused-ring (bicyclic) bond motifs is 1. The summed E-state index contributed by atoms with van der Waals surface area (Å²) >= 11 is 3.41. The molecule has 5 rings (SSSR count). The van der Waals surface area contributed by atoms with Crippen molar-refractivity contribution in [3.63, 3.8) is 0 Å². The number of carbonyl (C=O) groups excluding carboxylic acids is 2. The minimum absolute atomic E-state index is 0.0357. The summed E-state index contributed by atoms with van der Waals surface area (Å²) in [5, 5.41) is 11.6. The number of Topliss-reactive ketones (excluding diaryl/α,β-unsaturated/α-hetero) is 1. The number of rotatable bonds is 4. The molecule has 6 nitrogen and oxygen atoms in total. The van der Waals surface area contributed by atoms with Crippen LogP contribution in [0.4, 0.5) is 5.69 Å². The number of amides is 1. The van der Waals surface area contributed by atoms with Crippen LogP contribution in [0, 0.1) is 20.8 Å². The van der Waals surface area contributed by atoms with Crippen molar-refractivity contribution in [3.05, 3.63) is 98.8 Å². The Kier molecular flexibility index (Phi) is 5.01. The Morgan fingerprint density at radius 3 is 2.52 bits per heavy atom. The predicted octanol–water partition coefficient (Wildman–Crippen LogP) is 6.50. The number of aliphatic hydroxyl groups excluding tert-OH is 1. The van der Waals surface area contributed by atoms with Gasteiger partial charge in [-0.3, -0.25) is 14.5 Å². The number of furan rings is 2. The lowest BCUT2D eigenvalue weighted by Gasteiger charge is -2.26. The molecule has 0 aliphatic carbocycles. The van der Waals surface area contributed by atoms with Gasteiger partial charge in [0.1, 0.15) is 23.1 Å². The molecule has 0 radical (unpaired) electrons. The first-order valence-electron chi connectivity index (χ1n) is 10.4. The summed E-state index contributed by atoms with van der Waals surface area (Å²) in [5.41, 5.74) is 2.83. The SMILES string of the molecule is Cc1ccc(C)c(N2C(=O)C(O)=C(C(=O)c3cc4cc(Br)ccc4o3)C2c2ccc(C)o2)c1. The molecule has 0 saturated carbocycles. The Morgan fingerprint density at radius 1 is 1.00 bits per heavy atom. The molecule has 0 bridgehead atoms. The second-order valence-electron chi connectivity index (χ2n) is 8.20. The number of nitrogens with zero attached hydrogens (tertiary/aromatic N) is 1. The number of hydrogen-bond acceptors (Lipinski definition) is 5. The van der Waals surface area contributed by atoms with Gasteiger partial charge in [0, 0.05) is 15.5 Å². The summed E-state index contributed by atoms with van der Waals surface area (Å²) in [6.45, 7) is 5.58. The van der Waals surface area contributed by atoms with E-state index in [4.69, 9.17) is 8.83 Å². The zero-order valence-corrected chi connectivity index (χ0v) is 19.8. The van der Waals surface area contributed by atoms with E-state index in [0.717, 1.165) is 21.0 Å².